The number of aryl methyl sites for hydroxylation is 1. The topological polar surface area (TPSA) is 100 Å². The Balaban J connectivity index is 1.96. The Kier molecular flexibility index (Phi) is 8.04. The Morgan fingerprint density at radius 1 is 1.19 bits per heavy atom. The molecular formula is C19H32N4O3S. The third-order valence-electron chi connectivity index (χ3n) is 4.86. The van der Waals surface area contributed by atoms with E-state index in [0.29, 0.717) is 24.6 Å². The van der Waals surface area contributed by atoms with Crippen molar-refractivity contribution in [3.05, 3.63) is 18.1 Å². The predicted octanol–water partition coefficient (Wildman–Crippen LogP) is 3.28. The average molecular weight is 397 g/mol. The number of sulfone groups is 1. The third-order valence-corrected chi connectivity index (χ3v) is 6.68. The van der Waals surface area contributed by atoms with Gasteiger partial charge in [0.05, 0.1) is 36.0 Å². The maximum Gasteiger partial charge on any atom is 0.151 e. The number of nitrogens with zero attached hydrogens (tertiary/aromatic N) is 3. The van der Waals surface area contributed by atoms with Gasteiger partial charge in [-0.05, 0) is 31.7 Å². The molecule has 1 unspecified atom stereocenters. The molecule has 2 heterocycles. The van der Waals surface area contributed by atoms with Gasteiger partial charge < -0.3 is 15.0 Å². The molecule has 0 radical (unpaired) electrons. The lowest BCUT2D eigenvalue weighted by atomic mass is 10.1. The van der Waals surface area contributed by atoms with Crippen molar-refractivity contribution in [3.8, 4) is 0 Å². The second-order valence-electron chi connectivity index (χ2n) is 7.14. The van der Waals surface area contributed by atoms with Crippen molar-refractivity contribution in [2.45, 2.75) is 58.4 Å². The molecule has 0 fully saturated rings. The number of methoxy groups -OCH3 is 1. The largest absolute Gasteiger partial charge is 0.383 e. The van der Waals surface area contributed by atoms with E-state index in [0.717, 1.165) is 48.7 Å². The van der Waals surface area contributed by atoms with Crippen LogP contribution in [0.5, 0.6) is 0 Å². The second kappa shape index (κ2) is 10.0. The summed E-state index contributed by atoms with van der Waals surface area (Å²) in [5.41, 5.74) is 8.69. The Hall–Kier alpha value is -1.67. The van der Waals surface area contributed by atoms with E-state index in [1.807, 2.05) is 13.8 Å². The van der Waals surface area contributed by atoms with Gasteiger partial charge in [0.2, 0.25) is 0 Å². The van der Waals surface area contributed by atoms with Gasteiger partial charge in [-0.15, -0.1) is 0 Å². The number of pyridine rings is 1. The molecule has 0 bridgehead atoms. The van der Waals surface area contributed by atoms with E-state index in [2.05, 4.69) is 14.5 Å². The molecule has 0 spiro atoms. The van der Waals surface area contributed by atoms with Crippen LogP contribution in [0.25, 0.3) is 11.0 Å². The lowest BCUT2D eigenvalue weighted by Crippen LogP contribution is -2.15. The van der Waals surface area contributed by atoms with Gasteiger partial charge in [-0.3, -0.25) is 0 Å². The highest BCUT2D eigenvalue weighted by atomic mass is 32.2. The molecule has 0 saturated carbocycles. The van der Waals surface area contributed by atoms with E-state index in [1.165, 1.54) is 0 Å². The van der Waals surface area contributed by atoms with Gasteiger partial charge in [-0.1, -0.05) is 26.2 Å². The zero-order chi connectivity index (χ0) is 19.9. The van der Waals surface area contributed by atoms with Crippen molar-refractivity contribution in [2.24, 2.45) is 0 Å². The maximum atomic E-state index is 11.9. The number of fused-ring (bicyclic) bond motifs is 1. The fraction of sp³-hybridized carbons (Fsp3) is 0.684. The number of ether oxygens (including phenoxy) is 1. The first-order valence-corrected chi connectivity index (χ1v) is 11.5. The summed E-state index contributed by atoms with van der Waals surface area (Å²) in [6, 6.07) is 0.136. The van der Waals surface area contributed by atoms with Crippen LogP contribution >= 0.6 is 0 Å². The van der Waals surface area contributed by atoms with E-state index in [1.54, 1.807) is 19.6 Å². The molecule has 2 aromatic rings. The van der Waals surface area contributed by atoms with Crippen molar-refractivity contribution in [2.75, 3.05) is 31.0 Å². The van der Waals surface area contributed by atoms with E-state index < -0.39 is 9.84 Å². The number of aromatic nitrogens is 3. The fourth-order valence-electron chi connectivity index (χ4n) is 3.34. The van der Waals surface area contributed by atoms with Gasteiger partial charge in [0, 0.05) is 13.3 Å². The van der Waals surface area contributed by atoms with E-state index in [9.17, 15) is 8.42 Å². The minimum absolute atomic E-state index is 0.136. The number of rotatable bonds is 12. The molecule has 0 aliphatic rings. The highest BCUT2D eigenvalue weighted by molar-refractivity contribution is 7.91. The molecule has 0 aromatic carbocycles. The van der Waals surface area contributed by atoms with Crippen LogP contribution in [-0.4, -0.2) is 48.2 Å². The zero-order valence-corrected chi connectivity index (χ0v) is 17.5. The van der Waals surface area contributed by atoms with Crippen molar-refractivity contribution >= 4 is 26.7 Å². The molecule has 27 heavy (non-hydrogen) atoms. The van der Waals surface area contributed by atoms with E-state index in [-0.39, 0.29) is 11.8 Å². The molecule has 2 N–H and O–H groups in total. The molecule has 0 aliphatic heterocycles. The minimum atomic E-state index is -2.90. The molecular weight excluding hydrogens is 364 g/mol. The van der Waals surface area contributed by atoms with Gasteiger partial charge in [0.1, 0.15) is 15.4 Å². The molecule has 8 heteroatoms. The van der Waals surface area contributed by atoms with E-state index in [4.69, 9.17) is 10.5 Å². The molecule has 0 aliphatic carbocycles. The number of imidazole rings is 1. The third kappa shape index (κ3) is 5.90. The summed E-state index contributed by atoms with van der Waals surface area (Å²) >= 11 is 0. The lowest BCUT2D eigenvalue weighted by Gasteiger charge is -2.19. The van der Waals surface area contributed by atoms with Gasteiger partial charge in [0.25, 0.3) is 0 Å². The second-order valence-corrected chi connectivity index (χ2v) is 9.44. The Labute approximate surface area is 162 Å². The van der Waals surface area contributed by atoms with Gasteiger partial charge >= 0.3 is 0 Å². The van der Waals surface area contributed by atoms with Crippen LogP contribution < -0.4 is 5.73 Å². The Morgan fingerprint density at radius 3 is 2.63 bits per heavy atom. The molecule has 2 aromatic heterocycles. The maximum absolute atomic E-state index is 11.9. The van der Waals surface area contributed by atoms with Crippen LogP contribution in [0.1, 0.15) is 57.1 Å². The number of unbranched alkanes of at least 4 members (excludes halogenated alkanes) is 3. The van der Waals surface area contributed by atoms with Gasteiger partial charge in [-0.25, -0.2) is 18.4 Å². The average Bonchev–Trinajstić information content (AvgIpc) is 3.08. The summed E-state index contributed by atoms with van der Waals surface area (Å²) in [6.07, 6.45) is 8.68. The van der Waals surface area contributed by atoms with E-state index >= 15 is 0 Å². The summed E-state index contributed by atoms with van der Waals surface area (Å²) in [4.78, 5) is 8.60. The molecule has 0 saturated heterocycles. The number of anilines is 1. The highest BCUT2D eigenvalue weighted by Gasteiger charge is 2.17. The normalized spacial score (nSPS) is 13.3. The summed E-state index contributed by atoms with van der Waals surface area (Å²) in [5.74, 6) is 1.03. The fourth-order valence-corrected chi connectivity index (χ4v) is 4.92. The first-order chi connectivity index (χ1) is 12.9. The first-order valence-electron chi connectivity index (χ1n) is 9.66. The summed E-state index contributed by atoms with van der Waals surface area (Å²) in [5, 5.41) is 0. The van der Waals surface area contributed by atoms with Crippen molar-refractivity contribution in [3.63, 3.8) is 0 Å². The molecule has 2 rings (SSSR count). The molecule has 1 atom stereocenters. The van der Waals surface area contributed by atoms with Crippen LogP contribution in [0.3, 0.4) is 0 Å². The Morgan fingerprint density at radius 2 is 1.93 bits per heavy atom. The summed E-state index contributed by atoms with van der Waals surface area (Å²) in [7, 11) is -1.21. The zero-order valence-electron chi connectivity index (χ0n) is 16.6. The lowest BCUT2D eigenvalue weighted by molar-refractivity contribution is 0.151. The smallest absolute Gasteiger partial charge is 0.151 e. The van der Waals surface area contributed by atoms with Gasteiger partial charge in [0.15, 0.2) is 5.82 Å². The minimum Gasteiger partial charge on any atom is -0.383 e. The number of hydrogen-bond acceptors (Lipinski definition) is 6. The number of nitrogen functional groups attached to an aromatic ring is 1. The summed E-state index contributed by atoms with van der Waals surface area (Å²) < 4.78 is 31.4. The predicted molar refractivity (Wildman–Crippen MR) is 110 cm³/mol. The highest BCUT2D eigenvalue weighted by Crippen LogP contribution is 2.27. The Bertz CT molecular complexity index is 833. The van der Waals surface area contributed by atoms with Crippen molar-refractivity contribution < 1.29 is 13.2 Å². The SMILES string of the molecule is CCCCS(=O)(=O)CCCCCC(COC)n1cnc2c(N)ncc(C)c21. The first kappa shape index (κ1) is 21.6. The number of hydrogen-bond donors (Lipinski definition) is 1. The van der Waals surface area contributed by atoms with Crippen molar-refractivity contribution in [1.82, 2.24) is 14.5 Å². The van der Waals surface area contributed by atoms with Crippen LogP contribution in [0.15, 0.2) is 12.5 Å². The van der Waals surface area contributed by atoms with Crippen LogP contribution in [0.4, 0.5) is 5.82 Å². The monoisotopic (exact) mass is 396 g/mol. The molecule has 152 valence electrons. The van der Waals surface area contributed by atoms with Gasteiger partial charge in [-0.2, -0.15) is 0 Å². The van der Waals surface area contributed by atoms with Crippen LogP contribution in [0, 0.1) is 6.92 Å². The van der Waals surface area contributed by atoms with Crippen LogP contribution in [-0.2, 0) is 14.6 Å². The standard InChI is InChI=1S/C19H32N4O3S/c1-4-5-10-27(24,25)11-8-6-7-9-16(13-26-3)23-14-22-17-18(23)15(2)12-21-19(17)20/h12,14,16H,4-11,13H2,1-3H3,(H2,20,21). The van der Waals surface area contributed by atoms with Crippen LogP contribution in [0.2, 0.25) is 0 Å². The molecule has 7 nitrogen and oxygen atoms in total. The number of nitrogens with two attached hydrogens (primary N) is 1. The van der Waals surface area contributed by atoms with Crippen molar-refractivity contribution in [1.29, 1.82) is 0 Å². The summed E-state index contributed by atoms with van der Waals surface area (Å²) in [6.45, 7) is 4.58. The molecule has 0 amide bonds. The quantitative estimate of drug-likeness (QED) is 0.553.